The van der Waals surface area contributed by atoms with E-state index in [2.05, 4.69) is 9.71 Å². The lowest BCUT2D eigenvalue weighted by molar-refractivity contribution is -0.142. The second-order valence-corrected chi connectivity index (χ2v) is 7.39. The smallest absolute Gasteiger partial charge is 0.306 e. The van der Waals surface area contributed by atoms with E-state index < -0.39 is 22.1 Å². The molecule has 1 aromatic heterocycles. The molecular formula is C11H17N3O4S2. The molecule has 0 atom stereocenters. The van der Waals surface area contributed by atoms with Crippen molar-refractivity contribution in [2.24, 2.45) is 5.92 Å². The summed E-state index contributed by atoms with van der Waals surface area (Å²) < 4.78 is 28.1. The minimum absolute atomic E-state index is 0.220. The highest BCUT2D eigenvalue weighted by atomic mass is 32.2. The zero-order chi connectivity index (χ0) is 14.8. The second kappa shape index (κ2) is 6.17. The fourth-order valence-electron chi connectivity index (χ4n) is 2.09. The van der Waals surface area contributed by atoms with E-state index in [4.69, 9.17) is 5.11 Å². The molecule has 2 heterocycles. The first-order chi connectivity index (χ1) is 9.40. The summed E-state index contributed by atoms with van der Waals surface area (Å²) in [5.74, 6) is -1.29. The zero-order valence-corrected chi connectivity index (χ0v) is 12.7. The molecule has 2 N–H and O–H groups in total. The van der Waals surface area contributed by atoms with Crippen molar-refractivity contribution < 1.29 is 18.3 Å². The maximum absolute atomic E-state index is 12.1. The SMILES string of the molecule is Cc1ncsc1CNS(=O)(=O)N1CCC(C(=O)O)CC1. The van der Waals surface area contributed by atoms with Gasteiger partial charge in [-0.05, 0) is 19.8 Å². The van der Waals surface area contributed by atoms with Crippen LogP contribution in [-0.4, -0.2) is 41.9 Å². The van der Waals surface area contributed by atoms with Gasteiger partial charge in [0.2, 0.25) is 0 Å². The molecule has 0 radical (unpaired) electrons. The summed E-state index contributed by atoms with van der Waals surface area (Å²) in [6.07, 6.45) is 0.714. The molecule has 0 bridgehead atoms. The first kappa shape index (κ1) is 15.4. The average Bonchev–Trinajstić information content (AvgIpc) is 2.82. The van der Waals surface area contributed by atoms with Crippen molar-refractivity contribution in [2.45, 2.75) is 26.3 Å². The Balaban J connectivity index is 1.91. The molecule has 1 aromatic rings. The first-order valence-corrected chi connectivity index (χ1v) is 8.58. The molecule has 1 aliphatic heterocycles. The van der Waals surface area contributed by atoms with Crippen molar-refractivity contribution in [3.63, 3.8) is 0 Å². The van der Waals surface area contributed by atoms with Gasteiger partial charge >= 0.3 is 5.97 Å². The number of carbonyl (C=O) groups is 1. The van der Waals surface area contributed by atoms with Gasteiger partial charge in [0.05, 0.1) is 17.1 Å². The summed E-state index contributed by atoms with van der Waals surface area (Å²) >= 11 is 1.41. The van der Waals surface area contributed by atoms with Crippen LogP contribution in [0.5, 0.6) is 0 Å². The van der Waals surface area contributed by atoms with Crippen LogP contribution in [0.4, 0.5) is 0 Å². The Bertz CT molecular complexity index is 576. The molecule has 1 saturated heterocycles. The zero-order valence-electron chi connectivity index (χ0n) is 11.1. The Morgan fingerprint density at radius 2 is 2.20 bits per heavy atom. The average molecular weight is 319 g/mol. The van der Waals surface area contributed by atoms with Gasteiger partial charge in [0, 0.05) is 24.5 Å². The monoisotopic (exact) mass is 319 g/mol. The number of nitrogens with one attached hydrogen (secondary N) is 1. The maximum atomic E-state index is 12.1. The van der Waals surface area contributed by atoms with E-state index in [1.807, 2.05) is 6.92 Å². The molecule has 0 saturated carbocycles. The van der Waals surface area contributed by atoms with Gasteiger partial charge in [-0.2, -0.15) is 17.4 Å². The van der Waals surface area contributed by atoms with Crippen molar-refractivity contribution in [1.82, 2.24) is 14.0 Å². The molecule has 20 heavy (non-hydrogen) atoms. The number of hydrogen-bond donors (Lipinski definition) is 2. The van der Waals surface area contributed by atoms with E-state index in [1.165, 1.54) is 15.6 Å². The second-order valence-electron chi connectivity index (χ2n) is 4.70. The third kappa shape index (κ3) is 3.54. The number of thiazole rings is 1. The standard InChI is InChI=1S/C11H17N3O4S2/c1-8-10(19-7-12-8)6-13-20(17,18)14-4-2-9(3-5-14)11(15)16/h7,9,13H,2-6H2,1H3,(H,15,16). The van der Waals surface area contributed by atoms with E-state index >= 15 is 0 Å². The van der Waals surface area contributed by atoms with Crippen LogP contribution >= 0.6 is 11.3 Å². The number of aromatic nitrogens is 1. The molecule has 2 rings (SSSR count). The van der Waals surface area contributed by atoms with Crippen molar-refractivity contribution >= 4 is 27.5 Å². The highest BCUT2D eigenvalue weighted by molar-refractivity contribution is 7.87. The molecule has 9 heteroatoms. The lowest BCUT2D eigenvalue weighted by atomic mass is 9.99. The van der Waals surface area contributed by atoms with E-state index in [9.17, 15) is 13.2 Å². The predicted octanol–water partition coefficient (Wildman–Crippen LogP) is 0.583. The largest absolute Gasteiger partial charge is 0.481 e. The number of nitrogens with zero attached hydrogens (tertiary/aromatic N) is 2. The molecule has 0 unspecified atom stereocenters. The van der Waals surface area contributed by atoms with Gasteiger partial charge in [-0.15, -0.1) is 11.3 Å². The summed E-state index contributed by atoms with van der Waals surface area (Å²) in [5.41, 5.74) is 2.50. The van der Waals surface area contributed by atoms with Crippen molar-refractivity contribution in [3.05, 3.63) is 16.1 Å². The summed E-state index contributed by atoms with van der Waals surface area (Å²) in [5, 5.41) is 8.90. The number of aryl methyl sites for hydroxylation is 1. The molecule has 7 nitrogen and oxygen atoms in total. The number of piperidine rings is 1. The van der Waals surface area contributed by atoms with E-state index in [0.29, 0.717) is 12.8 Å². The number of aliphatic carboxylic acids is 1. The van der Waals surface area contributed by atoms with E-state index in [1.54, 1.807) is 5.51 Å². The molecule has 0 spiro atoms. The van der Waals surface area contributed by atoms with E-state index in [-0.39, 0.29) is 19.6 Å². The molecule has 0 aliphatic carbocycles. The van der Waals surface area contributed by atoms with Gasteiger partial charge in [0.1, 0.15) is 0 Å². The van der Waals surface area contributed by atoms with Crippen LogP contribution < -0.4 is 4.72 Å². The van der Waals surface area contributed by atoms with Crippen LogP contribution in [0.3, 0.4) is 0 Å². The molecule has 1 aliphatic rings. The van der Waals surface area contributed by atoms with Crippen LogP contribution in [-0.2, 0) is 21.5 Å². The Morgan fingerprint density at radius 1 is 1.55 bits per heavy atom. The van der Waals surface area contributed by atoms with Gasteiger partial charge in [0.15, 0.2) is 0 Å². The molecule has 0 amide bonds. The highest BCUT2D eigenvalue weighted by Crippen LogP contribution is 2.19. The number of rotatable bonds is 5. The molecular weight excluding hydrogens is 302 g/mol. The third-order valence-corrected chi connectivity index (χ3v) is 5.89. The first-order valence-electron chi connectivity index (χ1n) is 6.26. The van der Waals surface area contributed by atoms with Crippen LogP contribution in [0.1, 0.15) is 23.4 Å². The quantitative estimate of drug-likeness (QED) is 0.827. The number of carboxylic acid groups (broad SMARTS) is 1. The molecule has 0 aromatic carbocycles. The molecule has 112 valence electrons. The lowest BCUT2D eigenvalue weighted by Crippen LogP contribution is -2.45. The fraction of sp³-hybridized carbons (Fsp3) is 0.636. The maximum Gasteiger partial charge on any atom is 0.306 e. The summed E-state index contributed by atoms with van der Waals surface area (Å²) in [7, 11) is -3.56. The highest BCUT2D eigenvalue weighted by Gasteiger charge is 2.30. The van der Waals surface area contributed by atoms with Crippen LogP contribution in [0, 0.1) is 12.8 Å². The van der Waals surface area contributed by atoms with Crippen LogP contribution in [0.15, 0.2) is 5.51 Å². The van der Waals surface area contributed by atoms with Crippen molar-refractivity contribution in [3.8, 4) is 0 Å². The topological polar surface area (TPSA) is 99.6 Å². The summed E-state index contributed by atoms with van der Waals surface area (Å²) in [6.45, 7) is 2.54. The van der Waals surface area contributed by atoms with Gasteiger partial charge < -0.3 is 5.11 Å². The van der Waals surface area contributed by atoms with Crippen molar-refractivity contribution in [1.29, 1.82) is 0 Å². The summed E-state index contributed by atoms with van der Waals surface area (Å²) in [4.78, 5) is 15.8. The van der Waals surface area contributed by atoms with Gasteiger partial charge in [-0.25, -0.2) is 4.98 Å². The molecule has 1 fully saturated rings. The minimum Gasteiger partial charge on any atom is -0.481 e. The Kier molecular flexibility index (Phi) is 4.74. The van der Waals surface area contributed by atoms with E-state index in [0.717, 1.165) is 10.6 Å². The van der Waals surface area contributed by atoms with Gasteiger partial charge in [-0.1, -0.05) is 0 Å². The number of hydrogen-bond acceptors (Lipinski definition) is 5. The Labute approximate surface area is 121 Å². The van der Waals surface area contributed by atoms with Crippen molar-refractivity contribution in [2.75, 3.05) is 13.1 Å². The van der Waals surface area contributed by atoms with Gasteiger partial charge in [-0.3, -0.25) is 4.79 Å². The Morgan fingerprint density at radius 3 is 2.70 bits per heavy atom. The fourth-order valence-corrected chi connectivity index (χ4v) is 4.10. The Hall–Kier alpha value is -1.03. The van der Waals surface area contributed by atoms with Gasteiger partial charge in [0.25, 0.3) is 10.2 Å². The predicted molar refractivity (Wildman–Crippen MR) is 74.5 cm³/mol. The minimum atomic E-state index is -3.56. The van der Waals surface area contributed by atoms with Crippen LogP contribution in [0.25, 0.3) is 0 Å². The number of carboxylic acids is 1. The third-order valence-electron chi connectivity index (χ3n) is 3.40. The normalized spacial score (nSPS) is 18.2. The summed E-state index contributed by atoms with van der Waals surface area (Å²) in [6, 6.07) is 0. The van der Waals surface area contributed by atoms with Crippen LogP contribution in [0.2, 0.25) is 0 Å². The lowest BCUT2D eigenvalue weighted by Gasteiger charge is -2.29.